The normalized spacial score (nSPS) is 12.8. The van der Waals surface area contributed by atoms with Gasteiger partial charge in [-0.05, 0) is 18.2 Å². The molecular formula is C17H17N3O5. The Labute approximate surface area is 143 Å². The Hall–Kier alpha value is -3.29. The van der Waals surface area contributed by atoms with Crippen LogP contribution in [0, 0.1) is 10.1 Å². The number of nitrogens with one attached hydrogen (secondary N) is 2. The molecule has 0 radical (unpaired) electrons. The second-order valence-electron chi connectivity index (χ2n) is 5.42. The first-order valence-electron chi connectivity index (χ1n) is 7.79. The number of benzene rings is 2. The summed E-state index contributed by atoms with van der Waals surface area (Å²) in [6.07, 6.45) is 0.809. The van der Waals surface area contributed by atoms with E-state index < -0.39 is 4.92 Å². The van der Waals surface area contributed by atoms with Crippen molar-refractivity contribution in [3.05, 3.63) is 52.6 Å². The van der Waals surface area contributed by atoms with Gasteiger partial charge in [0.2, 0.25) is 5.91 Å². The number of nitro groups is 1. The number of non-ortho nitro benzene ring substituents is 1. The van der Waals surface area contributed by atoms with Crippen molar-refractivity contribution in [2.75, 3.05) is 30.4 Å². The second-order valence-corrected chi connectivity index (χ2v) is 5.42. The molecule has 0 unspecified atom stereocenters. The molecule has 2 N–H and O–H groups in total. The van der Waals surface area contributed by atoms with Crippen LogP contribution < -0.4 is 20.1 Å². The van der Waals surface area contributed by atoms with Gasteiger partial charge in [0.05, 0.1) is 24.7 Å². The minimum atomic E-state index is -0.483. The fourth-order valence-corrected chi connectivity index (χ4v) is 2.36. The highest BCUT2D eigenvalue weighted by molar-refractivity contribution is 5.94. The second kappa shape index (κ2) is 7.52. The van der Waals surface area contributed by atoms with Crippen molar-refractivity contribution in [2.45, 2.75) is 6.42 Å². The molecule has 3 rings (SSSR count). The molecular weight excluding hydrogens is 326 g/mol. The van der Waals surface area contributed by atoms with Gasteiger partial charge < -0.3 is 20.1 Å². The number of ether oxygens (including phenoxy) is 2. The van der Waals surface area contributed by atoms with E-state index in [4.69, 9.17) is 9.47 Å². The van der Waals surface area contributed by atoms with E-state index in [-0.39, 0.29) is 18.1 Å². The van der Waals surface area contributed by atoms with Crippen molar-refractivity contribution in [3.63, 3.8) is 0 Å². The SMILES string of the molecule is O=C(CNc1cccc([N+](=O)[O-])c1)Nc1ccc2c(c1)OCCCO2. The number of carbonyl (C=O) groups is 1. The summed E-state index contributed by atoms with van der Waals surface area (Å²) < 4.78 is 11.1. The van der Waals surface area contributed by atoms with Crippen molar-refractivity contribution < 1.29 is 19.2 Å². The Balaban J connectivity index is 1.58. The number of hydrogen-bond acceptors (Lipinski definition) is 6. The highest BCUT2D eigenvalue weighted by Crippen LogP contribution is 2.32. The lowest BCUT2D eigenvalue weighted by Gasteiger charge is -2.11. The molecule has 0 fully saturated rings. The summed E-state index contributed by atoms with van der Waals surface area (Å²) in [5.74, 6) is 0.980. The molecule has 0 atom stereocenters. The van der Waals surface area contributed by atoms with Gasteiger partial charge in [0.25, 0.3) is 5.69 Å². The van der Waals surface area contributed by atoms with Gasteiger partial charge in [0.15, 0.2) is 11.5 Å². The molecule has 2 aromatic rings. The summed E-state index contributed by atoms with van der Waals surface area (Å²) in [5.41, 5.74) is 1.06. The molecule has 1 aliphatic heterocycles. The molecule has 8 heteroatoms. The Morgan fingerprint density at radius 3 is 2.68 bits per heavy atom. The average Bonchev–Trinajstić information content (AvgIpc) is 2.85. The van der Waals surface area contributed by atoms with Crippen molar-refractivity contribution in [3.8, 4) is 11.5 Å². The third kappa shape index (κ3) is 4.37. The molecule has 1 aliphatic rings. The zero-order chi connectivity index (χ0) is 17.6. The minimum Gasteiger partial charge on any atom is -0.490 e. The highest BCUT2D eigenvalue weighted by Gasteiger charge is 2.12. The predicted octanol–water partition coefficient (Wildman–Crippen LogP) is 2.81. The largest absolute Gasteiger partial charge is 0.490 e. The van der Waals surface area contributed by atoms with Crippen LogP contribution in [0.25, 0.3) is 0 Å². The number of hydrogen-bond donors (Lipinski definition) is 2. The quantitative estimate of drug-likeness (QED) is 0.639. The van der Waals surface area contributed by atoms with Crippen LogP contribution in [0.1, 0.15) is 6.42 Å². The maximum absolute atomic E-state index is 12.1. The number of amides is 1. The van der Waals surface area contributed by atoms with Gasteiger partial charge in [0.1, 0.15) is 0 Å². The fraction of sp³-hybridized carbons (Fsp3) is 0.235. The number of carbonyl (C=O) groups excluding carboxylic acids is 1. The first-order valence-corrected chi connectivity index (χ1v) is 7.79. The van der Waals surface area contributed by atoms with E-state index >= 15 is 0 Å². The Kier molecular flexibility index (Phi) is 4.98. The van der Waals surface area contributed by atoms with E-state index in [0.717, 1.165) is 6.42 Å². The zero-order valence-corrected chi connectivity index (χ0v) is 13.4. The maximum Gasteiger partial charge on any atom is 0.271 e. The predicted molar refractivity (Wildman–Crippen MR) is 92.3 cm³/mol. The van der Waals surface area contributed by atoms with Crippen molar-refractivity contribution in [2.24, 2.45) is 0 Å². The third-order valence-corrected chi connectivity index (χ3v) is 3.54. The molecule has 25 heavy (non-hydrogen) atoms. The van der Waals surface area contributed by atoms with E-state index in [2.05, 4.69) is 10.6 Å². The summed E-state index contributed by atoms with van der Waals surface area (Å²) in [4.78, 5) is 22.3. The van der Waals surface area contributed by atoms with Gasteiger partial charge in [-0.2, -0.15) is 0 Å². The monoisotopic (exact) mass is 343 g/mol. The van der Waals surface area contributed by atoms with E-state index in [1.54, 1.807) is 30.3 Å². The van der Waals surface area contributed by atoms with Gasteiger partial charge in [-0.3, -0.25) is 14.9 Å². The molecule has 0 saturated heterocycles. The molecule has 0 aromatic heterocycles. The number of nitrogens with zero attached hydrogens (tertiary/aromatic N) is 1. The highest BCUT2D eigenvalue weighted by atomic mass is 16.6. The van der Waals surface area contributed by atoms with Crippen LogP contribution in [-0.2, 0) is 4.79 Å². The Bertz CT molecular complexity index is 794. The van der Waals surface area contributed by atoms with E-state index in [1.165, 1.54) is 12.1 Å². The van der Waals surface area contributed by atoms with Crippen LogP contribution in [0.4, 0.5) is 17.1 Å². The molecule has 0 bridgehead atoms. The van der Waals surface area contributed by atoms with Gasteiger partial charge >= 0.3 is 0 Å². The average molecular weight is 343 g/mol. The molecule has 1 heterocycles. The van der Waals surface area contributed by atoms with Crippen LogP contribution >= 0.6 is 0 Å². The van der Waals surface area contributed by atoms with Crippen LogP contribution in [0.15, 0.2) is 42.5 Å². The van der Waals surface area contributed by atoms with Gasteiger partial charge in [0, 0.05) is 36.0 Å². The first kappa shape index (κ1) is 16.6. The van der Waals surface area contributed by atoms with Gasteiger partial charge in [-0.1, -0.05) is 6.07 Å². The van der Waals surface area contributed by atoms with Crippen LogP contribution in [0.3, 0.4) is 0 Å². The molecule has 2 aromatic carbocycles. The Morgan fingerprint density at radius 2 is 1.88 bits per heavy atom. The summed E-state index contributed by atoms with van der Waals surface area (Å²) >= 11 is 0. The van der Waals surface area contributed by atoms with E-state index in [1.807, 2.05) is 0 Å². The number of nitro benzene ring substituents is 1. The van der Waals surface area contributed by atoms with Crippen LogP contribution in [-0.4, -0.2) is 30.6 Å². The number of fused-ring (bicyclic) bond motifs is 1. The van der Waals surface area contributed by atoms with Crippen molar-refractivity contribution in [1.82, 2.24) is 0 Å². The van der Waals surface area contributed by atoms with Crippen LogP contribution in [0.5, 0.6) is 11.5 Å². The van der Waals surface area contributed by atoms with E-state index in [0.29, 0.717) is 36.1 Å². The van der Waals surface area contributed by atoms with Gasteiger partial charge in [-0.15, -0.1) is 0 Å². The third-order valence-electron chi connectivity index (χ3n) is 3.54. The minimum absolute atomic E-state index is 0.0182. The maximum atomic E-state index is 12.1. The molecule has 0 saturated carbocycles. The molecule has 0 spiro atoms. The van der Waals surface area contributed by atoms with Gasteiger partial charge in [-0.25, -0.2) is 0 Å². The molecule has 1 amide bonds. The first-order chi connectivity index (χ1) is 12.1. The standard InChI is InChI=1S/C17H17N3O5/c21-17(11-18-12-3-1-4-14(9-12)20(22)23)19-13-5-6-15-16(10-13)25-8-2-7-24-15/h1,3-6,9-10,18H,2,7-8,11H2,(H,19,21). The molecule has 130 valence electrons. The zero-order valence-electron chi connectivity index (χ0n) is 13.4. The number of rotatable bonds is 5. The summed E-state index contributed by atoms with van der Waals surface area (Å²) in [5, 5.41) is 16.4. The fourth-order valence-electron chi connectivity index (χ4n) is 2.36. The smallest absolute Gasteiger partial charge is 0.271 e. The van der Waals surface area contributed by atoms with E-state index in [9.17, 15) is 14.9 Å². The topological polar surface area (TPSA) is 103 Å². The summed E-state index contributed by atoms with van der Waals surface area (Å²) in [7, 11) is 0. The lowest BCUT2D eigenvalue weighted by atomic mass is 10.2. The van der Waals surface area contributed by atoms with Crippen molar-refractivity contribution >= 4 is 23.0 Å². The molecule has 0 aliphatic carbocycles. The van der Waals surface area contributed by atoms with Crippen molar-refractivity contribution in [1.29, 1.82) is 0 Å². The lowest BCUT2D eigenvalue weighted by molar-refractivity contribution is -0.384. The summed E-state index contributed by atoms with van der Waals surface area (Å²) in [6, 6.07) is 11.2. The molecule has 8 nitrogen and oxygen atoms in total. The number of anilines is 2. The summed E-state index contributed by atoms with van der Waals surface area (Å²) in [6.45, 7) is 1.15. The van der Waals surface area contributed by atoms with Crippen LogP contribution in [0.2, 0.25) is 0 Å². The Morgan fingerprint density at radius 1 is 1.08 bits per heavy atom. The lowest BCUT2D eigenvalue weighted by Crippen LogP contribution is -2.21.